The summed E-state index contributed by atoms with van der Waals surface area (Å²) in [7, 11) is 0. The summed E-state index contributed by atoms with van der Waals surface area (Å²) in [6.45, 7) is 5.93. The molecular formula is C12H14O4. The van der Waals surface area contributed by atoms with E-state index in [1.165, 1.54) is 6.08 Å². The minimum absolute atomic E-state index is 0.164. The molecule has 2 heterocycles. The van der Waals surface area contributed by atoms with Crippen LogP contribution in [0.5, 0.6) is 0 Å². The Morgan fingerprint density at radius 3 is 2.81 bits per heavy atom. The van der Waals surface area contributed by atoms with Gasteiger partial charge in [-0.2, -0.15) is 0 Å². The second-order valence-corrected chi connectivity index (χ2v) is 4.32. The third kappa shape index (κ3) is 2.15. The van der Waals surface area contributed by atoms with Crippen molar-refractivity contribution >= 4 is 11.9 Å². The number of hydrogen-bond donors (Lipinski definition) is 0. The van der Waals surface area contributed by atoms with Crippen LogP contribution in [0, 0.1) is 5.92 Å². The van der Waals surface area contributed by atoms with Crippen LogP contribution in [0.2, 0.25) is 0 Å². The number of rotatable bonds is 3. The second kappa shape index (κ2) is 4.12. The Bertz CT molecular complexity index is 380. The normalized spacial score (nSPS) is 28.7. The molecule has 0 N–H and O–H groups in total. The van der Waals surface area contributed by atoms with Crippen LogP contribution in [-0.4, -0.2) is 24.6 Å². The molecule has 2 rings (SSSR count). The standard InChI is InChI=1S/C12H14O4/c1-7(2)10-5-9(12(14)16-10)3-8-4-11(13)15-6-8/h4,9-10H,1,3,5-6H2,2H3/t9-,10+/m0/s1. The van der Waals surface area contributed by atoms with Crippen LogP contribution in [0.4, 0.5) is 0 Å². The van der Waals surface area contributed by atoms with E-state index >= 15 is 0 Å². The van der Waals surface area contributed by atoms with Crippen LogP contribution in [0.25, 0.3) is 0 Å². The summed E-state index contributed by atoms with van der Waals surface area (Å²) in [4.78, 5) is 22.4. The average molecular weight is 222 g/mol. The van der Waals surface area contributed by atoms with E-state index in [1.807, 2.05) is 6.92 Å². The zero-order chi connectivity index (χ0) is 11.7. The molecule has 0 saturated carbocycles. The predicted molar refractivity (Wildman–Crippen MR) is 56.5 cm³/mol. The topological polar surface area (TPSA) is 52.6 Å². The summed E-state index contributed by atoms with van der Waals surface area (Å²) in [6.07, 6.45) is 2.49. The van der Waals surface area contributed by atoms with E-state index in [0.29, 0.717) is 19.4 Å². The fourth-order valence-corrected chi connectivity index (χ4v) is 1.96. The third-order valence-corrected chi connectivity index (χ3v) is 2.87. The lowest BCUT2D eigenvalue weighted by Gasteiger charge is -2.06. The summed E-state index contributed by atoms with van der Waals surface area (Å²) in [6, 6.07) is 0. The molecule has 0 spiro atoms. The molecule has 0 amide bonds. The summed E-state index contributed by atoms with van der Waals surface area (Å²) in [5.41, 5.74) is 1.73. The minimum atomic E-state index is -0.321. The number of ether oxygens (including phenoxy) is 2. The molecule has 4 nitrogen and oxygen atoms in total. The highest BCUT2D eigenvalue weighted by Gasteiger charge is 2.35. The van der Waals surface area contributed by atoms with Crippen molar-refractivity contribution in [1.82, 2.24) is 0 Å². The van der Waals surface area contributed by atoms with Crippen LogP contribution in [-0.2, 0) is 19.1 Å². The Morgan fingerprint density at radius 1 is 1.56 bits per heavy atom. The van der Waals surface area contributed by atoms with Crippen molar-refractivity contribution in [1.29, 1.82) is 0 Å². The Balaban J connectivity index is 1.96. The Labute approximate surface area is 93.9 Å². The SMILES string of the molecule is C=C(C)[C@H]1C[C@H](CC2=CC(=O)OC2)C(=O)O1. The lowest BCUT2D eigenvalue weighted by molar-refractivity contribution is -0.143. The maximum absolute atomic E-state index is 11.5. The lowest BCUT2D eigenvalue weighted by atomic mass is 9.95. The number of hydrogen-bond acceptors (Lipinski definition) is 4. The fraction of sp³-hybridized carbons (Fsp3) is 0.500. The smallest absolute Gasteiger partial charge is 0.331 e. The maximum atomic E-state index is 11.5. The molecule has 86 valence electrons. The van der Waals surface area contributed by atoms with Gasteiger partial charge in [0, 0.05) is 12.5 Å². The van der Waals surface area contributed by atoms with E-state index < -0.39 is 0 Å². The maximum Gasteiger partial charge on any atom is 0.331 e. The third-order valence-electron chi connectivity index (χ3n) is 2.87. The summed E-state index contributed by atoms with van der Waals surface area (Å²) in [5, 5.41) is 0. The minimum Gasteiger partial charge on any atom is -0.458 e. The van der Waals surface area contributed by atoms with Crippen molar-refractivity contribution in [2.24, 2.45) is 5.92 Å². The van der Waals surface area contributed by atoms with Gasteiger partial charge in [0.15, 0.2) is 0 Å². The number of carbonyl (C=O) groups excluding carboxylic acids is 2. The van der Waals surface area contributed by atoms with E-state index in [9.17, 15) is 9.59 Å². The first kappa shape index (κ1) is 10.9. The molecular weight excluding hydrogens is 208 g/mol. The van der Waals surface area contributed by atoms with E-state index in [1.54, 1.807) is 0 Å². The van der Waals surface area contributed by atoms with Crippen molar-refractivity contribution < 1.29 is 19.1 Å². The van der Waals surface area contributed by atoms with Crippen molar-refractivity contribution in [3.8, 4) is 0 Å². The van der Waals surface area contributed by atoms with Crippen LogP contribution in [0.3, 0.4) is 0 Å². The Morgan fingerprint density at radius 2 is 2.31 bits per heavy atom. The van der Waals surface area contributed by atoms with Gasteiger partial charge in [0.05, 0.1) is 5.92 Å². The summed E-state index contributed by atoms with van der Waals surface area (Å²) in [5.74, 6) is -0.687. The van der Waals surface area contributed by atoms with Gasteiger partial charge in [0.25, 0.3) is 0 Å². The fourth-order valence-electron chi connectivity index (χ4n) is 1.96. The van der Waals surface area contributed by atoms with Crippen molar-refractivity contribution in [3.05, 3.63) is 23.8 Å². The molecule has 0 radical (unpaired) electrons. The van der Waals surface area contributed by atoms with E-state index in [-0.39, 0.29) is 24.0 Å². The van der Waals surface area contributed by atoms with Crippen LogP contribution >= 0.6 is 0 Å². The molecule has 1 fully saturated rings. The molecule has 0 aromatic rings. The quantitative estimate of drug-likeness (QED) is 0.534. The number of carbonyl (C=O) groups is 2. The van der Waals surface area contributed by atoms with Gasteiger partial charge < -0.3 is 9.47 Å². The van der Waals surface area contributed by atoms with E-state index in [2.05, 4.69) is 6.58 Å². The van der Waals surface area contributed by atoms with E-state index in [0.717, 1.165) is 11.1 Å². The molecule has 0 aromatic heterocycles. The van der Waals surface area contributed by atoms with Crippen LogP contribution in [0.15, 0.2) is 23.8 Å². The lowest BCUT2D eigenvalue weighted by Crippen LogP contribution is -2.09. The molecule has 0 unspecified atom stereocenters. The average Bonchev–Trinajstić information content (AvgIpc) is 2.75. The monoisotopic (exact) mass is 222 g/mol. The molecule has 0 bridgehead atoms. The van der Waals surface area contributed by atoms with Gasteiger partial charge in [-0.3, -0.25) is 4.79 Å². The van der Waals surface area contributed by atoms with E-state index in [4.69, 9.17) is 9.47 Å². The van der Waals surface area contributed by atoms with Gasteiger partial charge in [-0.1, -0.05) is 6.58 Å². The molecule has 0 aliphatic carbocycles. The highest BCUT2D eigenvalue weighted by Crippen LogP contribution is 2.30. The molecule has 16 heavy (non-hydrogen) atoms. The molecule has 1 saturated heterocycles. The summed E-state index contributed by atoms with van der Waals surface area (Å²) >= 11 is 0. The van der Waals surface area contributed by atoms with Crippen LogP contribution in [0.1, 0.15) is 19.8 Å². The van der Waals surface area contributed by atoms with Crippen molar-refractivity contribution in [2.75, 3.05) is 6.61 Å². The Hall–Kier alpha value is -1.58. The summed E-state index contributed by atoms with van der Waals surface area (Å²) < 4.78 is 9.97. The first-order valence-electron chi connectivity index (χ1n) is 5.28. The molecule has 2 aliphatic rings. The number of cyclic esters (lactones) is 2. The van der Waals surface area contributed by atoms with Crippen LogP contribution < -0.4 is 0 Å². The Kier molecular flexibility index (Phi) is 2.81. The van der Waals surface area contributed by atoms with Gasteiger partial charge in [0.2, 0.25) is 0 Å². The largest absolute Gasteiger partial charge is 0.458 e. The van der Waals surface area contributed by atoms with Crippen molar-refractivity contribution in [2.45, 2.75) is 25.9 Å². The van der Waals surface area contributed by atoms with Gasteiger partial charge in [-0.05, 0) is 24.5 Å². The molecule has 4 heteroatoms. The zero-order valence-corrected chi connectivity index (χ0v) is 9.19. The van der Waals surface area contributed by atoms with Gasteiger partial charge >= 0.3 is 11.9 Å². The van der Waals surface area contributed by atoms with Gasteiger partial charge in [0.1, 0.15) is 12.7 Å². The van der Waals surface area contributed by atoms with Crippen molar-refractivity contribution in [3.63, 3.8) is 0 Å². The zero-order valence-electron chi connectivity index (χ0n) is 9.19. The van der Waals surface area contributed by atoms with Gasteiger partial charge in [-0.15, -0.1) is 0 Å². The first-order chi connectivity index (χ1) is 7.56. The highest BCUT2D eigenvalue weighted by molar-refractivity contribution is 5.85. The predicted octanol–water partition coefficient (Wildman–Crippen LogP) is 1.37. The number of esters is 2. The molecule has 2 atom stereocenters. The first-order valence-corrected chi connectivity index (χ1v) is 5.28. The van der Waals surface area contributed by atoms with Gasteiger partial charge in [-0.25, -0.2) is 4.79 Å². The molecule has 2 aliphatic heterocycles. The second-order valence-electron chi connectivity index (χ2n) is 4.32. The molecule has 0 aromatic carbocycles. The highest BCUT2D eigenvalue weighted by atomic mass is 16.6.